The molecule has 2 aromatic rings. The number of aromatic hydroxyl groups is 1. The highest BCUT2D eigenvalue weighted by molar-refractivity contribution is 7.64. The number of H-pyrrole nitrogens is 1. The van der Waals surface area contributed by atoms with Crippen molar-refractivity contribution in [3.63, 3.8) is 0 Å². The number of hydrogen-bond donors (Lipinski definition) is 3. The van der Waals surface area contributed by atoms with E-state index in [-0.39, 0.29) is 11.4 Å². The van der Waals surface area contributed by atoms with Crippen molar-refractivity contribution in [2.75, 3.05) is 24.2 Å². The lowest BCUT2D eigenvalue weighted by atomic mass is 10.1. The van der Waals surface area contributed by atoms with Crippen LogP contribution in [0.2, 0.25) is 0 Å². The number of benzene rings is 1. The van der Waals surface area contributed by atoms with Crippen LogP contribution in [0, 0.1) is 13.8 Å². The SMILES string of the molecule is CCCP(=O)(CCC)C(CNc1ncc(C)[nH]1)c1ccc(O)c(C)c1. The van der Waals surface area contributed by atoms with Crippen molar-refractivity contribution in [3.8, 4) is 5.75 Å². The van der Waals surface area contributed by atoms with Gasteiger partial charge in [0, 0.05) is 30.8 Å². The quantitative estimate of drug-likeness (QED) is 0.544. The van der Waals surface area contributed by atoms with Crippen LogP contribution in [0.3, 0.4) is 0 Å². The predicted molar refractivity (Wildman–Crippen MR) is 105 cm³/mol. The van der Waals surface area contributed by atoms with Crippen LogP contribution in [0.25, 0.3) is 0 Å². The molecular formula is C19H30N3O2P. The van der Waals surface area contributed by atoms with Crippen LogP contribution in [0.5, 0.6) is 5.75 Å². The van der Waals surface area contributed by atoms with Crippen LogP contribution in [0.15, 0.2) is 24.4 Å². The van der Waals surface area contributed by atoms with E-state index >= 15 is 0 Å². The third-order valence-electron chi connectivity index (χ3n) is 4.54. The number of anilines is 1. The Kier molecular flexibility index (Phi) is 6.71. The summed E-state index contributed by atoms with van der Waals surface area (Å²) in [6.45, 7) is 8.58. The molecule has 0 saturated carbocycles. The summed E-state index contributed by atoms with van der Waals surface area (Å²) < 4.78 is 13.8. The first-order valence-electron chi connectivity index (χ1n) is 9.02. The molecule has 25 heavy (non-hydrogen) atoms. The summed E-state index contributed by atoms with van der Waals surface area (Å²) in [4.78, 5) is 7.46. The van der Waals surface area contributed by atoms with E-state index in [9.17, 15) is 9.67 Å². The first kappa shape index (κ1) is 19.6. The minimum absolute atomic E-state index is 0.0860. The molecule has 0 aliphatic heterocycles. The van der Waals surface area contributed by atoms with Crippen molar-refractivity contribution in [1.29, 1.82) is 0 Å². The van der Waals surface area contributed by atoms with E-state index in [1.54, 1.807) is 12.3 Å². The predicted octanol–water partition coefficient (Wildman–Crippen LogP) is 5.07. The zero-order chi connectivity index (χ0) is 18.4. The number of rotatable bonds is 9. The molecule has 0 radical (unpaired) electrons. The number of nitrogens with one attached hydrogen (secondary N) is 2. The lowest BCUT2D eigenvalue weighted by molar-refractivity contribution is 0.470. The van der Waals surface area contributed by atoms with Crippen molar-refractivity contribution < 1.29 is 9.67 Å². The van der Waals surface area contributed by atoms with Gasteiger partial charge in [-0.25, -0.2) is 4.98 Å². The third-order valence-corrected chi connectivity index (χ3v) is 8.57. The molecule has 0 bridgehead atoms. The Bertz CT molecular complexity index is 732. The normalized spacial score (nSPS) is 13.0. The first-order chi connectivity index (χ1) is 11.9. The second-order valence-corrected chi connectivity index (χ2v) is 10.2. The standard InChI is InChI=1S/C19H30N3O2P/c1-5-9-25(24,10-6-2)18(13-21-19-20-12-15(4)22-19)16-7-8-17(23)14(3)11-16/h7-8,11-12,18,23H,5-6,9-10,13H2,1-4H3,(H2,20,21,22). The molecule has 1 atom stereocenters. The number of aromatic nitrogens is 2. The van der Waals surface area contributed by atoms with E-state index in [0.717, 1.165) is 42.0 Å². The summed E-state index contributed by atoms with van der Waals surface area (Å²) in [6.07, 6.45) is 5.07. The molecule has 6 heteroatoms. The van der Waals surface area contributed by atoms with Gasteiger partial charge in [-0.15, -0.1) is 0 Å². The van der Waals surface area contributed by atoms with Gasteiger partial charge < -0.3 is 20.0 Å². The number of nitrogens with zero attached hydrogens (tertiary/aromatic N) is 1. The summed E-state index contributed by atoms with van der Waals surface area (Å²) in [7, 11) is -2.40. The van der Waals surface area contributed by atoms with E-state index in [1.807, 2.05) is 26.0 Å². The highest BCUT2D eigenvalue weighted by Gasteiger charge is 2.33. The molecule has 3 N–H and O–H groups in total. The number of hydrogen-bond acceptors (Lipinski definition) is 4. The molecule has 1 unspecified atom stereocenters. The fraction of sp³-hybridized carbons (Fsp3) is 0.526. The van der Waals surface area contributed by atoms with Gasteiger partial charge in [-0.1, -0.05) is 26.0 Å². The van der Waals surface area contributed by atoms with Crippen LogP contribution in [0.4, 0.5) is 5.95 Å². The number of phenolic OH excluding ortho intramolecular Hbond substituents is 1. The molecule has 1 aromatic carbocycles. The smallest absolute Gasteiger partial charge is 0.200 e. The van der Waals surface area contributed by atoms with E-state index in [1.165, 1.54) is 0 Å². The fourth-order valence-corrected chi connectivity index (χ4v) is 6.81. The van der Waals surface area contributed by atoms with Crippen molar-refractivity contribution in [2.45, 2.75) is 46.2 Å². The van der Waals surface area contributed by atoms with E-state index in [4.69, 9.17) is 0 Å². The van der Waals surface area contributed by atoms with E-state index in [0.29, 0.717) is 12.5 Å². The number of aryl methyl sites for hydroxylation is 2. The highest BCUT2D eigenvalue weighted by Crippen LogP contribution is 2.60. The summed E-state index contributed by atoms with van der Waals surface area (Å²) in [5.74, 6) is 0.982. The molecule has 1 aromatic heterocycles. The molecule has 0 spiro atoms. The Morgan fingerprint density at radius 3 is 2.44 bits per heavy atom. The third kappa shape index (κ3) is 4.88. The van der Waals surface area contributed by atoms with Crippen molar-refractivity contribution in [1.82, 2.24) is 9.97 Å². The Balaban J connectivity index is 2.34. The number of aromatic amines is 1. The molecule has 0 fully saturated rings. The second kappa shape index (κ2) is 8.57. The van der Waals surface area contributed by atoms with Crippen LogP contribution < -0.4 is 5.32 Å². The Hall–Kier alpha value is -1.74. The van der Waals surface area contributed by atoms with Crippen molar-refractivity contribution in [2.24, 2.45) is 0 Å². The Morgan fingerprint density at radius 2 is 1.92 bits per heavy atom. The number of phenols is 1. The molecule has 0 aliphatic rings. The van der Waals surface area contributed by atoms with Gasteiger partial charge in [-0.2, -0.15) is 0 Å². The number of imidazole rings is 1. The molecule has 138 valence electrons. The Labute approximate surface area is 150 Å². The van der Waals surface area contributed by atoms with Gasteiger partial charge in [0.2, 0.25) is 0 Å². The lowest BCUT2D eigenvalue weighted by Crippen LogP contribution is -2.17. The van der Waals surface area contributed by atoms with Crippen LogP contribution in [-0.2, 0) is 4.57 Å². The topological polar surface area (TPSA) is 78.0 Å². The van der Waals surface area contributed by atoms with Crippen LogP contribution in [-0.4, -0.2) is 33.9 Å². The van der Waals surface area contributed by atoms with Gasteiger partial charge in [0.05, 0.1) is 12.8 Å². The summed E-state index contributed by atoms with van der Waals surface area (Å²) >= 11 is 0. The van der Waals surface area contributed by atoms with Crippen molar-refractivity contribution in [3.05, 3.63) is 41.2 Å². The highest BCUT2D eigenvalue weighted by atomic mass is 31.2. The van der Waals surface area contributed by atoms with Crippen molar-refractivity contribution >= 4 is 13.1 Å². The monoisotopic (exact) mass is 363 g/mol. The van der Waals surface area contributed by atoms with E-state index in [2.05, 4.69) is 29.1 Å². The maximum Gasteiger partial charge on any atom is 0.200 e. The molecule has 1 heterocycles. The molecular weight excluding hydrogens is 333 g/mol. The Morgan fingerprint density at radius 1 is 1.24 bits per heavy atom. The maximum atomic E-state index is 13.8. The van der Waals surface area contributed by atoms with Gasteiger partial charge in [0.15, 0.2) is 5.95 Å². The maximum absolute atomic E-state index is 13.8. The molecule has 0 aliphatic carbocycles. The molecule has 2 rings (SSSR count). The second-order valence-electron chi connectivity index (χ2n) is 6.76. The minimum atomic E-state index is -2.40. The van der Waals surface area contributed by atoms with Gasteiger partial charge >= 0.3 is 0 Å². The summed E-state index contributed by atoms with van der Waals surface area (Å²) in [6, 6.07) is 5.57. The minimum Gasteiger partial charge on any atom is -0.508 e. The van der Waals surface area contributed by atoms with Gasteiger partial charge in [-0.05, 0) is 43.9 Å². The fourth-order valence-electron chi connectivity index (χ4n) is 3.32. The zero-order valence-corrected chi connectivity index (χ0v) is 16.6. The largest absolute Gasteiger partial charge is 0.508 e. The molecule has 5 nitrogen and oxygen atoms in total. The zero-order valence-electron chi connectivity index (χ0n) is 15.7. The first-order valence-corrected chi connectivity index (χ1v) is 11.2. The van der Waals surface area contributed by atoms with Crippen LogP contribution in [0.1, 0.15) is 49.2 Å². The lowest BCUT2D eigenvalue weighted by Gasteiger charge is -2.28. The summed E-state index contributed by atoms with van der Waals surface area (Å²) in [5, 5.41) is 13.2. The van der Waals surface area contributed by atoms with Gasteiger partial charge in [-0.3, -0.25) is 0 Å². The average molecular weight is 363 g/mol. The average Bonchev–Trinajstić information content (AvgIpc) is 2.97. The summed E-state index contributed by atoms with van der Waals surface area (Å²) in [5.41, 5.74) is 2.74. The van der Waals surface area contributed by atoms with E-state index < -0.39 is 7.14 Å². The molecule has 0 amide bonds. The van der Waals surface area contributed by atoms with Crippen LogP contribution >= 0.6 is 7.14 Å². The van der Waals surface area contributed by atoms with Gasteiger partial charge in [0.25, 0.3) is 0 Å². The molecule has 0 saturated heterocycles. The van der Waals surface area contributed by atoms with Gasteiger partial charge in [0.1, 0.15) is 5.75 Å².